The van der Waals surface area contributed by atoms with E-state index in [0.717, 1.165) is 11.5 Å². The number of H-pyrrole nitrogens is 1. The van der Waals surface area contributed by atoms with Crippen molar-refractivity contribution in [3.8, 4) is 0 Å². The zero-order valence-corrected chi connectivity index (χ0v) is 8.90. The van der Waals surface area contributed by atoms with Crippen LogP contribution in [0.2, 0.25) is 0 Å². The van der Waals surface area contributed by atoms with E-state index in [1.165, 1.54) is 0 Å². The van der Waals surface area contributed by atoms with Gasteiger partial charge in [0.25, 0.3) is 5.91 Å². The quantitative estimate of drug-likeness (QED) is 0.805. The smallest absolute Gasteiger partial charge is 0.253 e. The zero-order chi connectivity index (χ0) is 11.4. The summed E-state index contributed by atoms with van der Waals surface area (Å²) in [6, 6.07) is 3.49. The highest BCUT2D eigenvalue weighted by atomic mass is 16.1. The van der Waals surface area contributed by atoms with Crippen molar-refractivity contribution < 1.29 is 4.79 Å². The van der Waals surface area contributed by atoms with E-state index in [1.807, 2.05) is 6.92 Å². The van der Waals surface area contributed by atoms with Gasteiger partial charge in [-0.2, -0.15) is 0 Å². The summed E-state index contributed by atoms with van der Waals surface area (Å²) in [6.45, 7) is 2.20. The number of aromatic nitrogens is 3. The van der Waals surface area contributed by atoms with Gasteiger partial charge in [-0.05, 0) is 19.1 Å². The third-order valence-electron chi connectivity index (χ3n) is 2.22. The van der Waals surface area contributed by atoms with Crippen LogP contribution in [-0.2, 0) is 6.54 Å². The maximum absolute atomic E-state index is 11.8. The second kappa shape index (κ2) is 4.57. The molecule has 0 aromatic carbocycles. The summed E-state index contributed by atoms with van der Waals surface area (Å²) in [5.74, 6) is 0.594. The van der Waals surface area contributed by atoms with Gasteiger partial charge >= 0.3 is 0 Å². The Kier molecular flexibility index (Phi) is 2.95. The van der Waals surface area contributed by atoms with E-state index in [1.54, 1.807) is 30.7 Å². The number of carbonyl (C=O) groups excluding carboxylic acids is 1. The Morgan fingerprint density at radius 3 is 3.00 bits per heavy atom. The predicted molar refractivity (Wildman–Crippen MR) is 58.7 cm³/mol. The average Bonchev–Trinajstić information content (AvgIpc) is 2.79. The topological polar surface area (TPSA) is 70.7 Å². The maximum atomic E-state index is 11.8. The lowest BCUT2D eigenvalue weighted by Gasteiger charge is -2.05. The van der Waals surface area contributed by atoms with Crippen molar-refractivity contribution in [1.82, 2.24) is 20.3 Å². The molecule has 0 spiro atoms. The van der Waals surface area contributed by atoms with Gasteiger partial charge in [-0.1, -0.05) is 0 Å². The number of nitrogens with zero attached hydrogens (tertiary/aromatic N) is 2. The summed E-state index contributed by atoms with van der Waals surface area (Å²) in [7, 11) is 0. The van der Waals surface area contributed by atoms with Crippen molar-refractivity contribution in [1.29, 1.82) is 0 Å². The molecule has 0 unspecified atom stereocenters. The van der Waals surface area contributed by atoms with Gasteiger partial charge in [-0.3, -0.25) is 9.78 Å². The lowest BCUT2D eigenvalue weighted by molar-refractivity contribution is 0.0949. The number of hydrogen-bond acceptors (Lipinski definition) is 3. The summed E-state index contributed by atoms with van der Waals surface area (Å²) in [6.07, 6.45) is 5.03. The van der Waals surface area contributed by atoms with Crippen molar-refractivity contribution in [2.24, 2.45) is 0 Å². The van der Waals surface area contributed by atoms with Crippen LogP contribution in [-0.4, -0.2) is 20.9 Å². The van der Waals surface area contributed by atoms with Crippen LogP contribution in [0.5, 0.6) is 0 Å². The Morgan fingerprint density at radius 1 is 1.44 bits per heavy atom. The average molecular weight is 216 g/mol. The highest BCUT2D eigenvalue weighted by Crippen LogP contribution is 2.03. The molecule has 5 heteroatoms. The molecule has 0 fully saturated rings. The highest BCUT2D eigenvalue weighted by Gasteiger charge is 2.08. The zero-order valence-electron chi connectivity index (χ0n) is 8.90. The van der Waals surface area contributed by atoms with E-state index in [-0.39, 0.29) is 5.91 Å². The molecule has 0 aliphatic carbocycles. The van der Waals surface area contributed by atoms with Crippen LogP contribution >= 0.6 is 0 Å². The molecule has 0 bridgehead atoms. The number of hydrogen-bond donors (Lipinski definition) is 2. The van der Waals surface area contributed by atoms with E-state index in [0.29, 0.717) is 12.1 Å². The number of pyridine rings is 1. The fraction of sp³-hybridized carbons (Fsp3) is 0.182. The monoisotopic (exact) mass is 216 g/mol. The molecule has 0 aliphatic heterocycles. The molecule has 0 atom stereocenters. The fourth-order valence-electron chi connectivity index (χ4n) is 1.38. The van der Waals surface area contributed by atoms with E-state index < -0.39 is 0 Å². The minimum absolute atomic E-state index is 0.137. The molecule has 0 saturated carbocycles. The third-order valence-corrected chi connectivity index (χ3v) is 2.22. The molecule has 2 N–H and O–H groups in total. The first-order valence-electron chi connectivity index (χ1n) is 4.95. The summed E-state index contributed by atoms with van der Waals surface area (Å²) in [5.41, 5.74) is 1.31. The molecule has 2 rings (SSSR count). The van der Waals surface area contributed by atoms with Gasteiger partial charge in [0.1, 0.15) is 5.82 Å². The van der Waals surface area contributed by atoms with Crippen LogP contribution in [0.3, 0.4) is 0 Å². The molecule has 0 aliphatic rings. The van der Waals surface area contributed by atoms with Crippen LogP contribution in [0, 0.1) is 6.92 Å². The largest absolute Gasteiger partial charge is 0.347 e. The summed E-state index contributed by atoms with van der Waals surface area (Å²) in [4.78, 5) is 22.8. The Bertz CT molecular complexity index is 478. The number of rotatable bonds is 3. The summed E-state index contributed by atoms with van der Waals surface area (Å²) >= 11 is 0. The first-order valence-corrected chi connectivity index (χ1v) is 4.95. The standard InChI is InChI=1S/C11H12N4O/c1-8-9(3-2-4-12-8)11(16)15-7-10-13-5-6-14-10/h2-6H,7H2,1H3,(H,13,14)(H,15,16). The predicted octanol–water partition coefficient (Wildman–Crippen LogP) is 1.04. The fourth-order valence-corrected chi connectivity index (χ4v) is 1.38. The number of imidazole rings is 1. The second-order valence-corrected chi connectivity index (χ2v) is 3.35. The second-order valence-electron chi connectivity index (χ2n) is 3.35. The molecule has 0 saturated heterocycles. The van der Waals surface area contributed by atoms with Crippen molar-refractivity contribution in [3.05, 3.63) is 47.8 Å². The number of amides is 1. The normalized spacial score (nSPS) is 10.1. The van der Waals surface area contributed by atoms with Crippen LogP contribution in [0.25, 0.3) is 0 Å². The highest BCUT2D eigenvalue weighted by molar-refractivity contribution is 5.95. The lowest BCUT2D eigenvalue weighted by atomic mass is 10.2. The molecule has 2 heterocycles. The van der Waals surface area contributed by atoms with E-state index in [2.05, 4.69) is 20.3 Å². The minimum Gasteiger partial charge on any atom is -0.347 e. The summed E-state index contributed by atoms with van der Waals surface area (Å²) < 4.78 is 0. The molecular weight excluding hydrogens is 204 g/mol. The summed E-state index contributed by atoms with van der Waals surface area (Å²) in [5, 5.41) is 2.77. The first-order chi connectivity index (χ1) is 7.77. The van der Waals surface area contributed by atoms with Gasteiger partial charge in [0.2, 0.25) is 0 Å². The molecule has 1 amide bonds. The van der Waals surface area contributed by atoms with Crippen molar-refractivity contribution in [2.45, 2.75) is 13.5 Å². The van der Waals surface area contributed by atoms with Gasteiger partial charge in [0, 0.05) is 24.3 Å². The van der Waals surface area contributed by atoms with Crippen molar-refractivity contribution in [3.63, 3.8) is 0 Å². The Hall–Kier alpha value is -2.17. The van der Waals surface area contributed by atoms with Crippen LogP contribution < -0.4 is 5.32 Å². The Labute approximate surface area is 92.9 Å². The van der Waals surface area contributed by atoms with Gasteiger partial charge in [-0.25, -0.2) is 4.98 Å². The maximum Gasteiger partial charge on any atom is 0.253 e. The molecule has 0 radical (unpaired) electrons. The van der Waals surface area contributed by atoms with Crippen molar-refractivity contribution in [2.75, 3.05) is 0 Å². The molecule has 5 nitrogen and oxygen atoms in total. The first kappa shape index (κ1) is 10.4. The number of aryl methyl sites for hydroxylation is 1. The molecular formula is C11H12N4O. The van der Waals surface area contributed by atoms with E-state index in [4.69, 9.17) is 0 Å². The Morgan fingerprint density at radius 2 is 2.31 bits per heavy atom. The molecule has 2 aromatic rings. The molecule has 2 aromatic heterocycles. The third kappa shape index (κ3) is 2.25. The number of carbonyl (C=O) groups is 1. The van der Waals surface area contributed by atoms with Crippen LogP contribution in [0.15, 0.2) is 30.7 Å². The lowest BCUT2D eigenvalue weighted by Crippen LogP contribution is -2.24. The molecule has 82 valence electrons. The van der Waals surface area contributed by atoms with E-state index in [9.17, 15) is 4.79 Å². The molecule has 16 heavy (non-hydrogen) atoms. The van der Waals surface area contributed by atoms with Gasteiger partial charge in [0.05, 0.1) is 12.1 Å². The number of aromatic amines is 1. The van der Waals surface area contributed by atoms with Crippen molar-refractivity contribution >= 4 is 5.91 Å². The van der Waals surface area contributed by atoms with E-state index >= 15 is 0 Å². The Balaban J connectivity index is 2.01. The van der Waals surface area contributed by atoms with Gasteiger partial charge in [0.15, 0.2) is 0 Å². The van der Waals surface area contributed by atoms with Gasteiger partial charge in [-0.15, -0.1) is 0 Å². The van der Waals surface area contributed by atoms with Gasteiger partial charge < -0.3 is 10.3 Å². The van der Waals surface area contributed by atoms with Crippen LogP contribution in [0.1, 0.15) is 21.9 Å². The minimum atomic E-state index is -0.137. The number of nitrogens with one attached hydrogen (secondary N) is 2. The van der Waals surface area contributed by atoms with Crippen LogP contribution in [0.4, 0.5) is 0 Å². The SMILES string of the molecule is Cc1ncccc1C(=O)NCc1ncc[nH]1.